The van der Waals surface area contributed by atoms with Gasteiger partial charge in [0.2, 0.25) is 0 Å². The second kappa shape index (κ2) is 3.33. The summed E-state index contributed by atoms with van der Waals surface area (Å²) in [6.07, 6.45) is 0.753. The Bertz CT molecular complexity index is 166. The first-order valence-corrected chi connectivity index (χ1v) is 4.14. The molecule has 0 bridgehead atoms. The molecule has 1 aliphatic rings. The number of rotatable bonds is 1. The van der Waals surface area contributed by atoms with Crippen molar-refractivity contribution in [3.63, 3.8) is 0 Å². The van der Waals surface area contributed by atoms with E-state index in [1.54, 1.807) is 0 Å². The van der Waals surface area contributed by atoms with E-state index in [2.05, 4.69) is 13.8 Å². The third-order valence-corrected chi connectivity index (χ3v) is 2.54. The monoisotopic (exact) mass is 160 g/mol. The standard InChI is InChI=1S/C9H14F2/c1-6(2)7-3-4-8(5-7)9(10)11/h6-7H,3-5H2,1-2H3. The Morgan fingerprint density at radius 2 is 2.09 bits per heavy atom. The molecular weight excluding hydrogens is 146 g/mol. The maximum atomic E-state index is 12.1. The minimum atomic E-state index is -1.44. The van der Waals surface area contributed by atoms with E-state index in [4.69, 9.17) is 0 Å². The smallest absolute Gasteiger partial charge is 0.173 e. The summed E-state index contributed by atoms with van der Waals surface area (Å²) < 4.78 is 24.1. The molecule has 1 aliphatic carbocycles. The molecule has 1 rings (SSSR count). The molecule has 1 unspecified atom stereocenters. The maximum Gasteiger partial charge on any atom is 0.269 e. The zero-order valence-electron chi connectivity index (χ0n) is 7.03. The van der Waals surface area contributed by atoms with Crippen molar-refractivity contribution < 1.29 is 8.78 Å². The van der Waals surface area contributed by atoms with Crippen LogP contribution in [0.4, 0.5) is 8.78 Å². The van der Waals surface area contributed by atoms with Crippen LogP contribution in [0.5, 0.6) is 0 Å². The van der Waals surface area contributed by atoms with Crippen molar-refractivity contribution in [2.45, 2.75) is 33.1 Å². The fourth-order valence-corrected chi connectivity index (χ4v) is 1.62. The lowest BCUT2D eigenvalue weighted by molar-refractivity contribution is 0.389. The fraction of sp³-hybridized carbons (Fsp3) is 0.778. The molecule has 64 valence electrons. The van der Waals surface area contributed by atoms with Gasteiger partial charge in [0, 0.05) is 0 Å². The molecule has 0 aliphatic heterocycles. The highest BCUT2D eigenvalue weighted by Crippen LogP contribution is 2.37. The highest BCUT2D eigenvalue weighted by atomic mass is 19.3. The lowest BCUT2D eigenvalue weighted by Crippen LogP contribution is -2.02. The molecule has 0 aromatic rings. The third kappa shape index (κ3) is 2.01. The lowest BCUT2D eigenvalue weighted by Gasteiger charge is -2.11. The van der Waals surface area contributed by atoms with Gasteiger partial charge in [0.1, 0.15) is 0 Å². The molecule has 0 nitrogen and oxygen atoms in total. The van der Waals surface area contributed by atoms with E-state index >= 15 is 0 Å². The van der Waals surface area contributed by atoms with Crippen LogP contribution in [0, 0.1) is 11.8 Å². The van der Waals surface area contributed by atoms with Crippen molar-refractivity contribution in [2.24, 2.45) is 11.8 Å². The number of halogens is 2. The minimum absolute atomic E-state index is 0.392. The molecule has 0 aromatic heterocycles. The molecule has 1 saturated carbocycles. The van der Waals surface area contributed by atoms with Crippen LogP contribution >= 0.6 is 0 Å². The van der Waals surface area contributed by atoms with Crippen LogP contribution in [-0.4, -0.2) is 0 Å². The van der Waals surface area contributed by atoms with E-state index in [0.29, 0.717) is 30.3 Å². The van der Waals surface area contributed by atoms with Crippen LogP contribution in [0.25, 0.3) is 0 Å². The Morgan fingerprint density at radius 3 is 2.36 bits per heavy atom. The van der Waals surface area contributed by atoms with Gasteiger partial charge >= 0.3 is 0 Å². The van der Waals surface area contributed by atoms with Gasteiger partial charge in [-0.3, -0.25) is 0 Å². The van der Waals surface area contributed by atoms with Crippen LogP contribution in [0.1, 0.15) is 33.1 Å². The van der Waals surface area contributed by atoms with Gasteiger partial charge in [-0.25, -0.2) is 0 Å². The van der Waals surface area contributed by atoms with Crippen LogP contribution in [0.15, 0.2) is 11.7 Å². The van der Waals surface area contributed by atoms with Crippen molar-refractivity contribution >= 4 is 0 Å². The Balaban J connectivity index is 2.54. The first kappa shape index (κ1) is 8.69. The van der Waals surface area contributed by atoms with Gasteiger partial charge in [-0.05, 0) is 36.7 Å². The molecule has 1 fully saturated rings. The van der Waals surface area contributed by atoms with Crippen molar-refractivity contribution in [3.05, 3.63) is 11.7 Å². The van der Waals surface area contributed by atoms with Gasteiger partial charge in [-0.1, -0.05) is 13.8 Å². The summed E-state index contributed by atoms with van der Waals surface area (Å²) in [4.78, 5) is 0. The number of hydrogen-bond donors (Lipinski definition) is 0. The Hall–Kier alpha value is -0.400. The summed E-state index contributed by atoms with van der Waals surface area (Å²) in [6, 6.07) is 0. The maximum absolute atomic E-state index is 12.1. The second-order valence-electron chi connectivity index (χ2n) is 3.61. The molecule has 0 N–H and O–H groups in total. The average Bonchev–Trinajstić information content (AvgIpc) is 2.33. The summed E-state index contributed by atoms with van der Waals surface area (Å²) in [7, 11) is 0. The molecule has 0 saturated heterocycles. The zero-order chi connectivity index (χ0) is 8.43. The molecule has 0 heterocycles. The Labute approximate surface area is 66.3 Å². The van der Waals surface area contributed by atoms with Crippen molar-refractivity contribution in [2.75, 3.05) is 0 Å². The van der Waals surface area contributed by atoms with Gasteiger partial charge in [-0.2, -0.15) is 8.78 Å². The summed E-state index contributed by atoms with van der Waals surface area (Å²) in [5, 5.41) is 0. The first-order valence-electron chi connectivity index (χ1n) is 4.14. The van der Waals surface area contributed by atoms with E-state index < -0.39 is 6.08 Å². The molecule has 1 atom stereocenters. The molecular formula is C9H14F2. The highest BCUT2D eigenvalue weighted by molar-refractivity contribution is 5.08. The van der Waals surface area contributed by atoms with E-state index in [-0.39, 0.29) is 0 Å². The topological polar surface area (TPSA) is 0 Å². The molecule has 0 radical (unpaired) electrons. The van der Waals surface area contributed by atoms with Crippen LogP contribution in [0.2, 0.25) is 0 Å². The first-order chi connectivity index (χ1) is 5.11. The number of hydrogen-bond acceptors (Lipinski definition) is 0. The largest absolute Gasteiger partial charge is 0.269 e. The van der Waals surface area contributed by atoms with Gasteiger partial charge in [0.15, 0.2) is 0 Å². The zero-order valence-corrected chi connectivity index (χ0v) is 7.03. The Kier molecular flexibility index (Phi) is 2.63. The SMILES string of the molecule is CC(C)C1CCC(=C(F)F)C1. The third-order valence-electron chi connectivity index (χ3n) is 2.54. The second-order valence-corrected chi connectivity index (χ2v) is 3.61. The van der Waals surface area contributed by atoms with Gasteiger partial charge in [0.05, 0.1) is 0 Å². The van der Waals surface area contributed by atoms with Crippen LogP contribution < -0.4 is 0 Å². The molecule has 0 aromatic carbocycles. The van der Waals surface area contributed by atoms with E-state index in [1.807, 2.05) is 0 Å². The Morgan fingerprint density at radius 1 is 1.45 bits per heavy atom. The predicted molar refractivity (Wildman–Crippen MR) is 41.4 cm³/mol. The average molecular weight is 160 g/mol. The molecule has 2 heteroatoms. The molecule has 0 amide bonds. The predicted octanol–water partition coefficient (Wildman–Crippen LogP) is 3.59. The van der Waals surface area contributed by atoms with E-state index in [9.17, 15) is 8.78 Å². The summed E-state index contributed by atoms with van der Waals surface area (Å²) >= 11 is 0. The summed E-state index contributed by atoms with van der Waals surface area (Å²) in [5.74, 6) is 1.04. The number of allylic oxidation sites excluding steroid dienone is 1. The van der Waals surface area contributed by atoms with E-state index in [1.165, 1.54) is 0 Å². The normalized spacial score (nSPS) is 24.8. The van der Waals surface area contributed by atoms with Crippen molar-refractivity contribution in [1.82, 2.24) is 0 Å². The minimum Gasteiger partial charge on any atom is -0.173 e. The fourth-order valence-electron chi connectivity index (χ4n) is 1.62. The molecule has 11 heavy (non-hydrogen) atoms. The van der Waals surface area contributed by atoms with Crippen molar-refractivity contribution in [1.29, 1.82) is 0 Å². The van der Waals surface area contributed by atoms with Crippen LogP contribution in [0.3, 0.4) is 0 Å². The lowest BCUT2D eigenvalue weighted by atomic mass is 9.94. The van der Waals surface area contributed by atoms with Crippen LogP contribution in [-0.2, 0) is 0 Å². The summed E-state index contributed by atoms with van der Waals surface area (Å²) in [5.41, 5.74) is 0.392. The quantitative estimate of drug-likeness (QED) is 0.549. The van der Waals surface area contributed by atoms with Gasteiger partial charge in [0.25, 0.3) is 6.08 Å². The van der Waals surface area contributed by atoms with Crippen molar-refractivity contribution in [3.8, 4) is 0 Å². The van der Waals surface area contributed by atoms with E-state index in [0.717, 1.165) is 6.42 Å². The van der Waals surface area contributed by atoms with Gasteiger partial charge < -0.3 is 0 Å². The van der Waals surface area contributed by atoms with Gasteiger partial charge in [-0.15, -0.1) is 0 Å². The molecule has 0 spiro atoms. The summed E-state index contributed by atoms with van der Waals surface area (Å²) in [6.45, 7) is 4.20. The highest BCUT2D eigenvalue weighted by Gasteiger charge is 2.24.